The predicted molar refractivity (Wildman–Crippen MR) is 90.2 cm³/mol. The zero-order chi connectivity index (χ0) is 14.9. The number of guanidine groups is 1. The first-order valence-corrected chi connectivity index (χ1v) is 7.79. The van der Waals surface area contributed by atoms with E-state index in [0.29, 0.717) is 5.96 Å². The standard InChI is InChI=1S/C19H19N3/c20-19-21-17(14-8-2-1-3-9-14)16-12-6-10-13-7-4-5-11-15(13)18(16)22-19/h1-5,7-9,11,17H,6,10,12H2,(H3,20,21,22). The van der Waals surface area contributed by atoms with Gasteiger partial charge in [-0.2, -0.15) is 0 Å². The van der Waals surface area contributed by atoms with Crippen LogP contribution in [0.5, 0.6) is 0 Å². The van der Waals surface area contributed by atoms with Crippen molar-refractivity contribution in [2.45, 2.75) is 25.3 Å². The number of aliphatic imine (C=N–C) groups is 1. The molecular formula is C19H19N3. The highest BCUT2D eigenvalue weighted by Crippen LogP contribution is 2.39. The van der Waals surface area contributed by atoms with Crippen LogP contribution in [-0.4, -0.2) is 5.96 Å². The van der Waals surface area contributed by atoms with E-state index in [0.717, 1.165) is 25.0 Å². The molecule has 3 heteroatoms. The Morgan fingerprint density at radius 1 is 0.955 bits per heavy atom. The summed E-state index contributed by atoms with van der Waals surface area (Å²) in [6.07, 6.45) is 3.30. The van der Waals surface area contributed by atoms with Crippen LogP contribution in [0.2, 0.25) is 0 Å². The second-order valence-electron chi connectivity index (χ2n) is 5.86. The summed E-state index contributed by atoms with van der Waals surface area (Å²) >= 11 is 0. The zero-order valence-electron chi connectivity index (χ0n) is 12.4. The third-order valence-electron chi connectivity index (χ3n) is 4.47. The predicted octanol–water partition coefficient (Wildman–Crippen LogP) is 3.39. The molecule has 0 aromatic heterocycles. The summed E-state index contributed by atoms with van der Waals surface area (Å²) < 4.78 is 0. The molecule has 3 N–H and O–H groups in total. The minimum absolute atomic E-state index is 0.0311. The molecule has 2 aromatic carbocycles. The van der Waals surface area contributed by atoms with Gasteiger partial charge in [-0.15, -0.1) is 0 Å². The van der Waals surface area contributed by atoms with Crippen LogP contribution in [0.15, 0.2) is 65.2 Å². The molecule has 110 valence electrons. The third-order valence-corrected chi connectivity index (χ3v) is 4.47. The highest BCUT2D eigenvalue weighted by atomic mass is 15.1. The van der Waals surface area contributed by atoms with E-state index >= 15 is 0 Å². The Bertz CT molecular complexity index is 759. The quantitative estimate of drug-likeness (QED) is 0.845. The molecule has 0 spiro atoms. The molecule has 22 heavy (non-hydrogen) atoms. The molecule has 2 aliphatic rings. The van der Waals surface area contributed by atoms with Gasteiger partial charge < -0.3 is 11.1 Å². The maximum absolute atomic E-state index is 6.08. The number of nitrogens with zero attached hydrogens (tertiary/aromatic N) is 1. The molecule has 1 atom stereocenters. The monoisotopic (exact) mass is 289 g/mol. The molecule has 2 aromatic rings. The van der Waals surface area contributed by atoms with E-state index in [-0.39, 0.29) is 6.04 Å². The van der Waals surface area contributed by atoms with Gasteiger partial charge in [-0.05, 0) is 36.0 Å². The number of benzene rings is 2. The van der Waals surface area contributed by atoms with E-state index in [4.69, 9.17) is 5.73 Å². The highest BCUT2D eigenvalue weighted by molar-refractivity contribution is 5.92. The lowest BCUT2D eigenvalue weighted by molar-refractivity contribution is 0.722. The molecule has 1 heterocycles. The Hall–Kier alpha value is -2.55. The van der Waals surface area contributed by atoms with Crippen LogP contribution >= 0.6 is 0 Å². The Labute approximate surface area is 130 Å². The van der Waals surface area contributed by atoms with Crippen LogP contribution in [0.4, 0.5) is 0 Å². The molecule has 1 aliphatic carbocycles. The molecule has 3 nitrogen and oxygen atoms in total. The SMILES string of the molecule is NC1=NC(c2ccccc2)C2=C(N1)c1ccccc1CCC2. The van der Waals surface area contributed by atoms with Gasteiger partial charge in [0.15, 0.2) is 5.96 Å². The van der Waals surface area contributed by atoms with Crippen molar-refractivity contribution < 1.29 is 0 Å². The molecule has 0 amide bonds. The number of nitrogens with one attached hydrogen (secondary N) is 1. The summed E-state index contributed by atoms with van der Waals surface area (Å²) in [6.45, 7) is 0. The fourth-order valence-corrected chi connectivity index (χ4v) is 3.46. The minimum Gasteiger partial charge on any atom is -0.370 e. The van der Waals surface area contributed by atoms with Gasteiger partial charge in [0.25, 0.3) is 0 Å². The fourth-order valence-electron chi connectivity index (χ4n) is 3.46. The van der Waals surface area contributed by atoms with Crippen molar-refractivity contribution in [2.24, 2.45) is 10.7 Å². The molecule has 0 saturated heterocycles. The van der Waals surface area contributed by atoms with Gasteiger partial charge >= 0.3 is 0 Å². The van der Waals surface area contributed by atoms with E-state index in [1.807, 2.05) is 6.07 Å². The summed E-state index contributed by atoms with van der Waals surface area (Å²) in [7, 11) is 0. The van der Waals surface area contributed by atoms with Gasteiger partial charge in [0.2, 0.25) is 0 Å². The van der Waals surface area contributed by atoms with Gasteiger partial charge in [0, 0.05) is 5.56 Å². The van der Waals surface area contributed by atoms with Crippen molar-refractivity contribution in [3.8, 4) is 0 Å². The first-order valence-electron chi connectivity index (χ1n) is 7.79. The molecule has 0 radical (unpaired) electrons. The summed E-state index contributed by atoms with van der Waals surface area (Å²) in [6, 6.07) is 19.1. The van der Waals surface area contributed by atoms with E-state index in [1.54, 1.807) is 0 Å². The lowest BCUT2D eigenvalue weighted by Crippen LogP contribution is -2.35. The average molecular weight is 289 g/mol. The zero-order valence-corrected chi connectivity index (χ0v) is 12.4. The second kappa shape index (κ2) is 5.34. The number of rotatable bonds is 1. The Kier molecular flexibility index (Phi) is 3.19. The number of nitrogens with two attached hydrogens (primary N) is 1. The summed E-state index contributed by atoms with van der Waals surface area (Å²) in [5.41, 5.74) is 12.5. The maximum atomic E-state index is 6.08. The Morgan fingerprint density at radius 2 is 1.73 bits per heavy atom. The summed E-state index contributed by atoms with van der Waals surface area (Å²) in [5, 5.41) is 3.32. The first-order chi connectivity index (χ1) is 10.8. The molecule has 1 unspecified atom stereocenters. The molecule has 4 rings (SSSR count). The number of aryl methyl sites for hydroxylation is 1. The van der Waals surface area contributed by atoms with E-state index in [2.05, 4.69) is 58.8 Å². The van der Waals surface area contributed by atoms with E-state index in [1.165, 1.54) is 22.3 Å². The van der Waals surface area contributed by atoms with Gasteiger partial charge in [-0.25, -0.2) is 4.99 Å². The molecule has 0 bridgehead atoms. The number of hydrogen-bond donors (Lipinski definition) is 2. The van der Waals surface area contributed by atoms with Crippen LogP contribution in [0, 0.1) is 0 Å². The van der Waals surface area contributed by atoms with Crippen molar-refractivity contribution in [1.29, 1.82) is 0 Å². The minimum atomic E-state index is 0.0311. The van der Waals surface area contributed by atoms with Crippen molar-refractivity contribution in [1.82, 2.24) is 5.32 Å². The average Bonchev–Trinajstić information content (AvgIpc) is 2.75. The van der Waals surface area contributed by atoms with Gasteiger partial charge in [-0.1, -0.05) is 54.6 Å². The molecular weight excluding hydrogens is 270 g/mol. The second-order valence-corrected chi connectivity index (χ2v) is 5.86. The smallest absolute Gasteiger partial charge is 0.194 e. The number of hydrogen-bond acceptors (Lipinski definition) is 3. The topological polar surface area (TPSA) is 50.4 Å². The van der Waals surface area contributed by atoms with Crippen molar-refractivity contribution in [3.05, 3.63) is 76.9 Å². The van der Waals surface area contributed by atoms with Crippen LogP contribution in [0.1, 0.15) is 35.6 Å². The third kappa shape index (κ3) is 2.19. The maximum Gasteiger partial charge on any atom is 0.194 e. The largest absolute Gasteiger partial charge is 0.370 e. The van der Waals surface area contributed by atoms with Gasteiger partial charge in [0.1, 0.15) is 6.04 Å². The van der Waals surface area contributed by atoms with E-state index in [9.17, 15) is 0 Å². The van der Waals surface area contributed by atoms with Gasteiger partial charge in [0.05, 0.1) is 5.70 Å². The highest BCUT2D eigenvalue weighted by Gasteiger charge is 2.27. The first kappa shape index (κ1) is 13.1. The van der Waals surface area contributed by atoms with Crippen LogP contribution in [0.25, 0.3) is 5.70 Å². The van der Waals surface area contributed by atoms with Crippen molar-refractivity contribution in [3.63, 3.8) is 0 Å². The van der Waals surface area contributed by atoms with Crippen LogP contribution in [-0.2, 0) is 6.42 Å². The molecule has 0 saturated carbocycles. The van der Waals surface area contributed by atoms with Crippen LogP contribution < -0.4 is 11.1 Å². The fraction of sp³-hybridized carbons (Fsp3) is 0.211. The lowest BCUT2D eigenvalue weighted by Gasteiger charge is -2.27. The van der Waals surface area contributed by atoms with E-state index < -0.39 is 0 Å². The van der Waals surface area contributed by atoms with Gasteiger partial charge in [-0.3, -0.25) is 0 Å². The Balaban J connectivity index is 1.88. The molecule has 0 fully saturated rings. The van der Waals surface area contributed by atoms with Crippen molar-refractivity contribution in [2.75, 3.05) is 0 Å². The number of fused-ring (bicyclic) bond motifs is 2. The van der Waals surface area contributed by atoms with Crippen LogP contribution in [0.3, 0.4) is 0 Å². The lowest BCUT2D eigenvalue weighted by atomic mass is 9.92. The van der Waals surface area contributed by atoms with Crippen molar-refractivity contribution >= 4 is 11.7 Å². The molecule has 1 aliphatic heterocycles. The normalized spacial score (nSPS) is 20.4. The Morgan fingerprint density at radius 3 is 2.59 bits per heavy atom. The summed E-state index contributed by atoms with van der Waals surface area (Å²) in [4.78, 5) is 4.68. The summed E-state index contributed by atoms with van der Waals surface area (Å²) in [5.74, 6) is 0.504.